The van der Waals surface area contributed by atoms with Crippen LogP contribution < -0.4 is 5.32 Å². The smallest absolute Gasteiger partial charge is 0.324 e. The van der Waals surface area contributed by atoms with Crippen LogP contribution in [0.4, 0.5) is 9.18 Å². The number of benzene rings is 2. The first-order valence-electron chi connectivity index (χ1n) is 10.3. The van der Waals surface area contributed by atoms with Gasteiger partial charge in [-0.15, -0.1) is 11.8 Å². The molecule has 31 heavy (non-hydrogen) atoms. The quantitative estimate of drug-likeness (QED) is 0.695. The lowest BCUT2D eigenvalue weighted by molar-refractivity contribution is -0.139. The minimum atomic E-state index is -1.17. The summed E-state index contributed by atoms with van der Waals surface area (Å²) in [5, 5.41) is 2.37. The second-order valence-electron chi connectivity index (χ2n) is 7.67. The number of nitrogens with zero attached hydrogens (tertiary/aromatic N) is 2. The highest BCUT2D eigenvalue weighted by atomic mass is 32.2. The van der Waals surface area contributed by atoms with E-state index < -0.39 is 22.9 Å². The fraction of sp³-hybridized carbons (Fsp3) is 0.348. The van der Waals surface area contributed by atoms with Crippen molar-refractivity contribution in [2.24, 2.45) is 0 Å². The Morgan fingerprint density at radius 1 is 1.16 bits per heavy atom. The molecule has 2 unspecified atom stereocenters. The van der Waals surface area contributed by atoms with Crippen molar-refractivity contribution < 1.29 is 18.8 Å². The Morgan fingerprint density at radius 3 is 2.58 bits per heavy atom. The SMILES string of the molecule is CCCC1(c2ccccc2)NC(=O)N(CC(=O)N2CCSC2c2ccccc2F)C1=O. The highest BCUT2D eigenvalue weighted by Gasteiger charge is 2.52. The topological polar surface area (TPSA) is 69.7 Å². The maximum Gasteiger partial charge on any atom is 0.325 e. The summed E-state index contributed by atoms with van der Waals surface area (Å²) in [4.78, 5) is 41.8. The van der Waals surface area contributed by atoms with Gasteiger partial charge in [-0.1, -0.05) is 61.9 Å². The molecule has 8 heteroatoms. The lowest BCUT2D eigenvalue weighted by Crippen LogP contribution is -2.45. The second-order valence-corrected chi connectivity index (χ2v) is 8.86. The van der Waals surface area contributed by atoms with E-state index in [0.717, 1.165) is 4.90 Å². The van der Waals surface area contributed by atoms with E-state index in [1.165, 1.54) is 17.8 Å². The molecule has 2 saturated heterocycles. The van der Waals surface area contributed by atoms with Gasteiger partial charge in [0, 0.05) is 17.9 Å². The maximum atomic E-state index is 14.3. The van der Waals surface area contributed by atoms with Gasteiger partial charge < -0.3 is 10.2 Å². The van der Waals surface area contributed by atoms with E-state index >= 15 is 0 Å². The minimum absolute atomic E-state index is 0.367. The van der Waals surface area contributed by atoms with Gasteiger partial charge in [-0.2, -0.15) is 0 Å². The minimum Gasteiger partial charge on any atom is -0.324 e. The first-order chi connectivity index (χ1) is 15.0. The van der Waals surface area contributed by atoms with Crippen LogP contribution in [-0.2, 0) is 15.1 Å². The third kappa shape index (κ3) is 3.80. The number of carbonyl (C=O) groups excluding carboxylic acids is 3. The molecule has 2 heterocycles. The number of urea groups is 1. The molecule has 4 amide bonds. The summed E-state index contributed by atoms with van der Waals surface area (Å²) in [6, 6.07) is 14.9. The summed E-state index contributed by atoms with van der Waals surface area (Å²) in [5.41, 5.74) is -0.0378. The fourth-order valence-electron chi connectivity index (χ4n) is 4.26. The number of halogens is 1. The number of thioether (sulfide) groups is 1. The number of hydrogen-bond donors (Lipinski definition) is 1. The van der Waals surface area contributed by atoms with Gasteiger partial charge in [-0.05, 0) is 18.1 Å². The first kappa shape index (κ1) is 21.4. The normalized spacial score (nSPS) is 23.4. The van der Waals surface area contributed by atoms with Crippen LogP contribution >= 0.6 is 11.8 Å². The summed E-state index contributed by atoms with van der Waals surface area (Å²) >= 11 is 1.47. The van der Waals surface area contributed by atoms with E-state index in [-0.39, 0.29) is 18.3 Å². The Labute approximate surface area is 184 Å². The van der Waals surface area contributed by atoms with Crippen molar-refractivity contribution in [2.75, 3.05) is 18.8 Å². The fourth-order valence-corrected chi connectivity index (χ4v) is 5.56. The molecule has 6 nitrogen and oxygen atoms in total. The van der Waals surface area contributed by atoms with Crippen LogP contribution in [0, 0.1) is 5.82 Å². The highest BCUT2D eigenvalue weighted by Crippen LogP contribution is 2.39. The Hall–Kier alpha value is -2.87. The zero-order valence-electron chi connectivity index (χ0n) is 17.2. The van der Waals surface area contributed by atoms with Gasteiger partial charge in [0.2, 0.25) is 5.91 Å². The van der Waals surface area contributed by atoms with Crippen LogP contribution in [0.25, 0.3) is 0 Å². The predicted molar refractivity (Wildman–Crippen MR) is 117 cm³/mol. The third-order valence-electron chi connectivity index (χ3n) is 5.74. The second kappa shape index (κ2) is 8.70. The molecule has 4 rings (SSSR count). The average molecular weight is 442 g/mol. The summed E-state index contributed by atoms with van der Waals surface area (Å²) < 4.78 is 14.3. The van der Waals surface area contributed by atoms with Gasteiger partial charge >= 0.3 is 6.03 Å². The van der Waals surface area contributed by atoms with Crippen LogP contribution in [0.15, 0.2) is 54.6 Å². The monoisotopic (exact) mass is 441 g/mol. The van der Waals surface area contributed by atoms with E-state index in [1.54, 1.807) is 23.1 Å². The van der Waals surface area contributed by atoms with Crippen molar-refractivity contribution in [1.82, 2.24) is 15.1 Å². The van der Waals surface area contributed by atoms with Crippen molar-refractivity contribution in [2.45, 2.75) is 30.7 Å². The number of amides is 4. The van der Waals surface area contributed by atoms with E-state index in [4.69, 9.17) is 0 Å². The molecular weight excluding hydrogens is 417 g/mol. The molecule has 0 aliphatic carbocycles. The molecule has 2 aromatic carbocycles. The highest BCUT2D eigenvalue weighted by molar-refractivity contribution is 7.99. The van der Waals surface area contributed by atoms with Crippen molar-refractivity contribution >= 4 is 29.6 Å². The van der Waals surface area contributed by atoms with Crippen LogP contribution in [0.5, 0.6) is 0 Å². The Balaban J connectivity index is 1.56. The van der Waals surface area contributed by atoms with E-state index in [9.17, 15) is 18.8 Å². The van der Waals surface area contributed by atoms with Crippen molar-refractivity contribution in [1.29, 1.82) is 0 Å². The van der Waals surface area contributed by atoms with Gasteiger partial charge in [0.15, 0.2) is 0 Å². The molecule has 2 aromatic rings. The lowest BCUT2D eigenvalue weighted by atomic mass is 9.85. The summed E-state index contributed by atoms with van der Waals surface area (Å²) in [5.74, 6) is -0.509. The summed E-state index contributed by atoms with van der Waals surface area (Å²) in [7, 11) is 0. The van der Waals surface area contributed by atoms with Crippen LogP contribution in [0.2, 0.25) is 0 Å². The number of rotatable bonds is 6. The van der Waals surface area contributed by atoms with Crippen LogP contribution in [0.1, 0.15) is 36.3 Å². The molecule has 0 bridgehead atoms. The van der Waals surface area contributed by atoms with Crippen molar-refractivity contribution in [3.05, 3.63) is 71.5 Å². The Morgan fingerprint density at radius 2 is 1.87 bits per heavy atom. The van der Waals surface area contributed by atoms with Crippen LogP contribution in [-0.4, -0.2) is 46.5 Å². The zero-order chi connectivity index (χ0) is 22.0. The molecule has 0 saturated carbocycles. The van der Waals surface area contributed by atoms with E-state index in [1.807, 2.05) is 37.3 Å². The van der Waals surface area contributed by atoms with Gasteiger partial charge in [0.05, 0.1) is 0 Å². The predicted octanol–water partition coefficient (Wildman–Crippen LogP) is 3.65. The van der Waals surface area contributed by atoms with E-state index in [0.29, 0.717) is 36.3 Å². The van der Waals surface area contributed by atoms with Crippen molar-refractivity contribution in [3.63, 3.8) is 0 Å². The lowest BCUT2D eigenvalue weighted by Gasteiger charge is -2.28. The molecule has 0 aromatic heterocycles. The number of hydrogen-bond acceptors (Lipinski definition) is 4. The Bertz CT molecular complexity index is 1000. The number of nitrogens with one attached hydrogen (secondary N) is 1. The van der Waals surface area contributed by atoms with Gasteiger partial charge in [0.25, 0.3) is 5.91 Å². The van der Waals surface area contributed by atoms with E-state index in [2.05, 4.69) is 5.32 Å². The molecule has 2 aliphatic rings. The van der Waals surface area contributed by atoms with Gasteiger partial charge in [-0.3, -0.25) is 14.5 Å². The number of imide groups is 1. The molecule has 1 N–H and O–H groups in total. The maximum absolute atomic E-state index is 14.3. The Kier molecular flexibility index (Phi) is 6.00. The van der Waals surface area contributed by atoms with Crippen molar-refractivity contribution in [3.8, 4) is 0 Å². The standard InChI is InChI=1S/C23H24FN3O3S/c1-2-12-23(16-8-4-3-5-9-16)21(29)27(22(30)25-23)15-19(28)26-13-14-31-20(26)17-10-6-7-11-18(17)24/h3-11,20H,2,12-15H2,1H3,(H,25,30). The average Bonchev–Trinajstić information content (AvgIpc) is 3.35. The molecule has 2 aliphatic heterocycles. The number of carbonyl (C=O) groups is 3. The van der Waals surface area contributed by atoms with Gasteiger partial charge in [-0.25, -0.2) is 9.18 Å². The molecule has 162 valence electrons. The van der Waals surface area contributed by atoms with Crippen LogP contribution in [0.3, 0.4) is 0 Å². The largest absolute Gasteiger partial charge is 0.325 e. The molecule has 2 atom stereocenters. The first-order valence-corrected chi connectivity index (χ1v) is 11.4. The summed E-state index contributed by atoms with van der Waals surface area (Å²) in [6.07, 6.45) is 1.12. The molecule has 0 radical (unpaired) electrons. The molecule has 0 spiro atoms. The molecular formula is C23H24FN3O3S. The zero-order valence-corrected chi connectivity index (χ0v) is 18.0. The van der Waals surface area contributed by atoms with Gasteiger partial charge in [0.1, 0.15) is 23.3 Å². The summed E-state index contributed by atoms with van der Waals surface area (Å²) in [6.45, 7) is 2.01. The molecule has 2 fully saturated rings. The third-order valence-corrected chi connectivity index (χ3v) is 6.99.